The van der Waals surface area contributed by atoms with Crippen LogP contribution in [0.1, 0.15) is 25.8 Å². The van der Waals surface area contributed by atoms with Crippen molar-refractivity contribution >= 4 is 22.4 Å². The fourth-order valence-corrected chi connectivity index (χ4v) is 3.88. The number of pyridine rings is 1. The zero-order chi connectivity index (χ0) is 26.3. The highest BCUT2D eigenvalue weighted by atomic mass is 19.4. The Bertz CT molecular complexity index is 1440. The smallest absolute Gasteiger partial charge is 0.400 e. The molecule has 0 saturated carbocycles. The molecule has 4 rings (SSSR count). The number of ether oxygens (including phenoxy) is 1. The van der Waals surface area contributed by atoms with Gasteiger partial charge in [-0.2, -0.15) is 13.2 Å². The zero-order valence-electron chi connectivity index (χ0n) is 19.7. The summed E-state index contributed by atoms with van der Waals surface area (Å²) in [6, 6.07) is 11.8. The molecule has 1 aliphatic rings. The van der Waals surface area contributed by atoms with Crippen molar-refractivity contribution < 1.29 is 27.1 Å². The summed E-state index contributed by atoms with van der Waals surface area (Å²) < 4.78 is 60.4. The largest absolute Gasteiger partial charge is 0.461 e. The van der Waals surface area contributed by atoms with Gasteiger partial charge < -0.3 is 10.5 Å². The van der Waals surface area contributed by atoms with Crippen molar-refractivity contribution in [2.45, 2.75) is 32.9 Å². The molecule has 0 amide bonds. The first-order chi connectivity index (χ1) is 16.8. The topological polar surface area (TPSA) is 65.2 Å². The molecule has 0 fully saturated rings. The van der Waals surface area contributed by atoms with Gasteiger partial charge in [-0.25, -0.2) is 4.39 Å². The summed E-state index contributed by atoms with van der Waals surface area (Å²) in [6.07, 6.45) is -0.725. The lowest BCUT2D eigenvalue weighted by Gasteiger charge is -2.32. The number of carbonyl (C=O) groups excluding carboxylic acids is 1. The van der Waals surface area contributed by atoms with Gasteiger partial charge in [0.15, 0.2) is 0 Å². The normalized spacial score (nSPS) is 14.3. The van der Waals surface area contributed by atoms with Crippen LogP contribution in [-0.4, -0.2) is 16.9 Å². The molecule has 2 aromatic carbocycles. The van der Waals surface area contributed by atoms with E-state index in [0.717, 1.165) is 19.2 Å². The molecular weight excluding hydrogens is 472 g/mol. The molecule has 3 aromatic rings. The van der Waals surface area contributed by atoms with Crippen molar-refractivity contribution in [1.29, 1.82) is 0 Å². The number of rotatable bonds is 6. The van der Waals surface area contributed by atoms with E-state index in [1.54, 1.807) is 18.3 Å². The van der Waals surface area contributed by atoms with E-state index in [0.29, 0.717) is 27.9 Å². The summed E-state index contributed by atoms with van der Waals surface area (Å²) in [5.41, 5.74) is 6.67. The van der Waals surface area contributed by atoms with Crippen molar-refractivity contribution in [2.24, 2.45) is 5.41 Å². The molecule has 0 radical (unpaired) electrons. The first-order valence-electron chi connectivity index (χ1n) is 11.2. The highest BCUT2D eigenvalue weighted by Gasteiger charge is 2.51. The number of carbonyl (C=O) groups is 1. The minimum atomic E-state index is -4.55. The average Bonchev–Trinajstić information content (AvgIpc) is 2.79. The predicted octanol–water partition coefficient (Wildman–Crippen LogP) is 7.07. The zero-order valence-corrected chi connectivity index (χ0v) is 19.7. The summed E-state index contributed by atoms with van der Waals surface area (Å²) >= 11 is 0. The van der Waals surface area contributed by atoms with Crippen molar-refractivity contribution in [1.82, 2.24) is 4.98 Å². The van der Waals surface area contributed by atoms with E-state index < -0.39 is 17.4 Å². The third-order valence-electron chi connectivity index (χ3n) is 6.15. The molecule has 1 aliphatic heterocycles. The standard InChI is InChI=1S/C28H24F4N2O2/c1-16-9-17(11-25(36-16)27(2,3)28(30,31)32)10-22(35)13-19-8-7-18(14-23(19)29)21-12-20-5-4-6-24(33)26(20)34-15-21/h4-9,11-12,14-15H,1,10,13,33H2,2-3H3. The number of hydrogen-bond donors (Lipinski definition) is 1. The summed E-state index contributed by atoms with van der Waals surface area (Å²) in [5.74, 6) is -1.25. The Labute approximate surface area is 205 Å². The summed E-state index contributed by atoms with van der Waals surface area (Å²) in [5, 5.41) is 0.819. The van der Waals surface area contributed by atoms with Gasteiger partial charge in [-0.3, -0.25) is 9.78 Å². The lowest BCUT2D eigenvalue weighted by atomic mass is 9.87. The number of allylic oxidation sites excluding steroid dienone is 4. The maximum atomic E-state index is 14.9. The van der Waals surface area contributed by atoms with E-state index in [1.165, 1.54) is 24.3 Å². The first-order valence-corrected chi connectivity index (χ1v) is 11.2. The van der Waals surface area contributed by atoms with Gasteiger partial charge in [0.1, 0.15) is 28.5 Å². The van der Waals surface area contributed by atoms with Crippen molar-refractivity contribution in [3.63, 3.8) is 0 Å². The predicted molar refractivity (Wildman–Crippen MR) is 131 cm³/mol. The minimum absolute atomic E-state index is 0.00825. The molecule has 0 spiro atoms. The van der Waals surface area contributed by atoms with Crippen LogP contribution in [0.15, 0.2) is 84.5 Å². The number of anilines is 1. The van der Waals surface area contributed by atoms with E-state index in [9.17, 15) is 22.4 Å². The Morgan fingerprint density at radius 1 is 1.06 bits per heavy atom. The van der Waals surface area contributed by atoms with Crippen LogP contribution >= 0.6 is 0 Å². The number of hydrogen-bond acceptors (Lipinski definition) is 4. The number of aromatic nitrogens is 1. The van der Waals surface area contributed by atoms with E-state index in [1.807, 2.05) is 18.2 Å². The summed E-state index contributed by atoms with van der Waals surface area (Å²) in [4.78, 5) is 17.0. The highest BCUT2D eigenvalue weighted by molar-refractivity contribution is 5.91. The molecule has 36 heavy (non-hydrogen) atoms. The van der Waals surface area contributed by atoms with Crippen LogP contribution in [0.5, 0.6) is 0 Å². The van der Waals surface area contributed by atoms with Crippen LogP contribution in [0, 0.1) is 11.2 Å². The number of halogens is 4. The second-order valence-electron chi connectivity index (χ2n) is 9.26. The summed E-state index contributed by atoms with van der Waals surface area (Å²) in [7, 11) is 0. The van der Waals surface area contributed by atoms with Crippen LogP contribution in [0.4, 0.5) is 23.2 Å². The molecule has 1 aromatic heterocycles. The molecule has 8 heteroatoms. The molecule has 0 saturated heterocycles. The Hall–Kier alpha value is -3.94. The van der Waals surface area contributed by atoms with Gasteiger partial charge in [0.25, 0.3) is 0 Å². The Morgan fingerprint density at radius 2 is 1.81 bits per heavy atom. The van der Waals surface area contributed by atoms with Gasteiger partial charge in [0.2, 0.25) is 0 Å². The number of para-hydroxylation sites is 1. The van der Waals surface area contributed by atoms with Crippen molar-refractivity contribution in [3.05, 3.63) is 95.9 Å². The van der Waals surface area contributed by atoms with E-state index in [-0.39, 0.29) is 35.7 Å². The van der Waals surface area contributed by atoms with Gasteiger partial charge in [-0.1, -0.05) is 30.8 Å². The monoisotopic (exact) mass is 496 g/mol. The van der Waals surface area contributed by atoms with Crippen LogP contribution in [0.25, 0.3) is 22.0 Å². The number of benzene rings is 2. The first kappa shape index (κ1) is 25.2. The van der Waals surface area contributed by atoms with Crippen LogP contribution in [-0.2, 0) is 16.0 Å². The number of nitrogens with two attached hydrogens (primary N) is 1. The maximum Gasteiger partial charge on any atom is 0.400 e. The SMILES string of the molecule is C=C1C=C(CC(=O)Cc2ccc(-c3cnc4c(N)cccc4c3)cc2F)C=C(C(C)(C)C(F)(F)F)O1. The van der Waals surface area contributed by atoms with Crippen LogP contribution < -0.4 is 5.73 Å². The third kappa shape index (κ3) is 5.03. The molecule has 2 heterocycles. The van der Waals surface area contributed by atoms with Gasteiger partial charge in [-0.15, -0.1) is 0 Å². The fourth-order valence-electron chi connectivity index (χ4n) is 3.88. The van der Waals surface area contributed by atoms with E-state index in [4.69, 9.17) is 10.5 Å². The molecule has 0 atom stereocenters. The molecule has 0 unspecified atom stereocenters. The average molecular weight is 497 g/mol. The maximum absolute atomic E-state index is 14.9. The Balaban J connectivity index is 1.50. The highest BCUT2D eigenvalue weighted by Crippen LogP contribution is 2.46. The number of Topliss-reactive ketones (excluding diaryl/α,β-unsaturated/α-hetero) is 1. The Morgan fingerprint density at radius 3 is 2.50 bits per heavy atom. The second kappa shape index (κ2) is 9.26. The second-order valence-corrected chi connectivity index (χ2v) is 9.26. The number of fused-ring (bicyclic) bond motifs is 1. The molecule has 2 N–H and O–H groups in total. The third-order valence-corrected chi connectivity index (χ3v) is 6.15. The van der Waals surface area contributed by atoms with Gasteiger partial charge in [0, 0.05) is 30.0 Å². The molecule has 186 valence electrons. The van der Waals surface area contributed by atoms with Crippen LogP contribution in [0.3, 0.4) is 0 Å². The van der Waals surface area contributed by atoms with Crippen molar-refractivity contribution in [2.75, 3.05) is 5.73 Å². The number of nitrogens with zero attached hydrogens (tertiary/aromatic N) is 1. The lowest BCUT2D eigenvalue weighted by Crippen LogP contribution is -2.35. The quantitative estimate of drug-likeness (QED) is 0.293. The van der Waals surface area contributed by atoms with Gasteiger partial charge in [-0.05, 0) is 60.9 Å². The lowest BCUT2D eigenvalue weighted by molar-refractivity contribution is -0.207. The molecule has 4 nitrogen and oxygen atoms in total. The van der Waals surface area contributed by atoms with Gasteiger partial charge in [0.05, 0.1) is 11.2 Å². The fraction of sp³-hybridized carbons (Fsp3) is 0.214. The summed E-state index contributed by atoms with van der Waals surface area (Å²) in [6.45, 7) is 5.58. The number of alkyl halides is 3. The molecule has 0 bridgehead atoms. The number of nitrogen functional groups attached to an aromatic ring is 1. The molecular formula is C28H24F4N2O2. The minimum Gasteiger partial charge on any atom is -0.461 e. The van der Waals surface area contributed by atoms with Crippen molar-refractivity contribution in [3.8, 4) is 11.1 Å². The number of ketones is 1. The van der Waals surface area contributed by atoms with Crippen LogP contribution in [0.2, 0.25) is 0 Å². The Kier molecular flexibility index (Phi) is 6.47. The molecule has 0 aliphatic carbocycles. The van der Waals surface area contributed by atoms with E-state index >= 15 is 0 Å². The van der Waals surface area contributed by atoms with E-state index in [2.05, 4.69) is 11.6 Å². The van der Waals surface area contributed by atoms with Gasteiger partial charge >= 0.3 is 6.18 Å².